The van der Waals surface area contributed by atoms with Crippen LogP contribution in [0.25, 0.3) is 11.1 Å². The van der Waals surface area contributed by atoms with E-state index < -0.39 is 18.1 Å². The van der Waals surface area contributed by atoms with Crippen molar-refractivity contribution in [3.63, 3.8) is 0 Å². The zero-order valence-corrected chi connectivity index (χ0v) is 35.1. The summed E-state index contributed by atoms with van der Waals surface area (Å²) in [6.07, 6.45) is 1.98. The fraction of sp³-hybridized carbons (Fsp3) is 0.245. The number of carboxylic acid groups (broad SMARTS) is 1. The third kappa shape index (κ3) is 9.14. The van der Waals surface area contributed by atoms with Crippen molar-refractivity contribution in [3.8, 4) is 28.4 Å². The number of aryl methyl sites for hydroxylation is 2. The first-order valence-corrected chi connectivity index (χ1v) is 20.7. The van der Waals surface area contributed by atoms with Crippen LogP contribution in [0.15, 0.2) is 115 Å². The molecule has 1 aromatic heterocycles. The first-order chi connectivity index (χ1) is 29.0. The summed E-state index contributed by atoms with van der Waals surface area (Å²) in [5, 5.41) is 14.2. The molecule has 1 unspecified atom stereocenters. The van der Waals surface area contributed by atoms with E-state index in [1.807, 2.05) is 98.8 Å². The molecule has 3 atom stereocenters. The van der Waals surface area contributed by atoms with Gasteiger partial charge in [-0.15, -0.1) is 0 Å². The molecule has 306 valence electrons. The van der Waals surface area contributed by atoms with Gasteiger partial charge in [-0.05, 0) is 125 Å². The number of carbonyl (C=O) groups is 2. The summed E-state index contributed by atoms with van der Waals surface area (Å²) >= 11 is 12.2. The predicted octanol–water partition coefficient (Wildman–Crippen LogP) is 9.81. The molecule has 0 spiro atoms. The highest BCUT2D eigenvalue weighted by Crippen LogP contribution is 2.41. The lowest BCUT2D eigenvalue weighted by molar-refractivity contribution is -0.142. The van der Waals surface area contributed by atoms with Gasteiger partial charge in [-0.1, -0.05) is 89.9 Å². The summed E-state index contributed by atoms with van der Waals surface area (Å²) in [5.41, 5.74) is 11.0. The number of carbonyl (C=O) groups excluding carboxylic acids is 1. The van der Waals surface area contributed by atoms with Crippen molar-refractivity contribution in [3.05, 3.63) is 176 Å². The average Bonchev–Trinajstić information content (AvgIpc) is 3.25. The molecule has 0 bridgehead atoms. The Balaban J connectivity index is 0.974. The minimum Gasteiger partial charge on any atom is -0.489 e. The molecule has 0 saturated carbocycles. The van der Waals surface area contributed by atoms with Crippen molar-refractivity contribution < 1.29 is 28.9 Å². The van der Waals surface area contributed by atoms with E-state index in [2.05, 4.69) is 34.3 Å². The largest absolute Gasteiger partial charge is 0.489 e. The van der Waals surface area contributed by atoms with E-state index in [4.69, 9.17) is 37.4 Å². The molecular weight excluding hydrogens is 797 g/mol. The number of nitrogens with zero attached hydrogens (tertiary/aromatic N) is 2. The number of halogens is 2. The summed E-state index contributed by atoms with van der Waals surface area (Å²) in [4.78, 5) is 33.4. The number of hydrogen-bond acceptors (Lipinski definition) is 7. The monoisotopic (exact) mass is 841 g/mol. The summed E-state index contributed by atoms with van der Waals surface area (Å²) in [5.74, 6) is 0.533. The van der Waals surface area contributed by atoms with Gasteiger partial charge in [0.1, 0.15) is 25.0 Å². The fourth-order valence-corrected chi connectivity index (χ4v) is 8.17. The highest BCUT2D eigenvalue weighted by atomic mass is 35.5. The minimum atomic E-state index is -1.12. The van der Waals surface area contributed by atoms with Gasteiger partial charge in [-0.3, -0.25) is 14.7 Å². The summed E-state index contributed by atoms with van der Waals surface area (Å²) in [6, 6.07) is 33.3. The zero-order chi connectivity index (χ0) is 41.9. The van der Waals surface area contributed by atoms with Gasteiger partial charge in [-0.25, -0.2) is 4.79 Å². The Morgan fingerprint density at radius 3 is 2.38 bits per heavy atom. The molecule has 8 rings (SSSR count). The third-order valence-corrected chi connectivity index (χ3v) is 12.2. The maximum atomic E-state index is 14.3. The first-order valence-electron chi connectivity index (χ1n) is 19.9. The van der Waals surface area contributed by atoms with Crippen molar-refractivity contribution >= 4 is 35.1 Å². The summed E-state index contributed by atoms with van der Waals surface area (Å²) < 4.78 is 18.8. The quantitative estimate of drug-likeness (QED) is 0.125. The molecule has 9 nitrogen and oxygen atoms in total. The van der Waals surface area contributed by atoms with Gasteiger partial charge < -0.3 is 24.6 Å². The third-order valence-electron chi connectivity index (χ3n) is 11.5. The number of pyridine rings is 1. The second-order valence-corrected chi connectivity index (χ2v) is 16.3. The lowest BCUT2D eigenvalue weighted by Gasteiger charge is -2.38. The average molecular weight is 843 g/mol. The molecule has 0 radical (unpaired) electrons. The van der Waals surface area contributed by atoms with Gasteiger partial charge in [0.25, 0.3) is 0 Å². The second kappa shape index (κ2) is 17.8. The molecule has 6 aromatic rings. The standard InChI is InChI=1S/C49H45Cl2N3O6/c1-29-6-4-5-7-36(29)25-54-26-38-24-46-45(59-28-47(60-46)35-13-15-39(16-14-35)58-27-33-10-17-41(50)42(51)20-33)23-37(38)22-44(54)48(55)53-43(49(56)57)21-32-8-11-34(12-9-32)40-18-19-52-31(3)30(40)2/h4-20,23-24,43-44,47H,21-22,25-28H2,1-3H3,(H,53,55)(H,56,57)/t43?,44-,47+/m0/s1. The zero-order valence-electron chi connectivity index (χ0n) is 33.6. The SMILES string of the molecule is Cc1ccccc1CN1Cc2cc3c(cc2C[C@H]1C(=O)NC(Cc1ccc(-c2ccnc(C)c2C)cc1)C(=O)O)OC[C@H](c1ccc(OCc2ccc(Cl)c(Cl)c2)cc1)O3. The van der Waals surface area contributed by atoms with E-state index >= 15 is 0 Å². The Morgan fingerprint density at radius 2 is 1.63 bits per heavy atom. The summed E-state index contributed by atoms with van der Waals surface area (Å²) in [7, 11) is 0. The number of nitrogens with one attached hydrogen (secondary N) is 1. The first kappa shape index (κ1) is 40.9. The van der Waals surface area contributed by atoms with Gasteiger partial charge >= 0.3 is 5.97 Å². The van der Waals surface area contributed by atoms with Gasteiger partial charge in [-0.2, -0.15) is 0 Å². The van der Waals surface area contributed by atoms with E-state index in [1.165, 1.54) is 0 Å². The van der Waals surface area contributed by atoms with E-state index in [0.717, 1.165) is 61.3 Å². The van der Waals surface area contributed by atoms with E-state index in [0.29, 0.717) is 60.0 Å². The molecule has 5 aromatic carbocycles. The van der Waals surface area contributed by atoms with Crippen LogP contribution >= 0.6 is 23.2 Å². The molecule has 2 aliphatic heterocycles. The predicted molar refractivity (Wildman–Crippen MR) is 233 cm³/mol. The maximum Gasteiger partial charge on any atom is 0.326 e. The van der Waals surface area contributed by atoms with E-state index in [1.54, 1.807) is 18.3 Å². The second-order valence-electron chi connectivity index (χ2n) is 15.5. The van der Waals surface area contributed by atoms with Crippen LogP contribution in [0.4, 0.5) is 0 Å². The Morgan fingerprint density at radius 1 is 0.883 bits per heavy atom. The van der Waals surface area contributed by atoms with Gasteiger partial charge in [0, 0.05) is 31.4 Å². The molecule has 2 N–H and O–H groups in total. The lowest BCUT2D eigenvalue weighted by Crippen LogP contribution is -2.54. The Hall–Kier alpha value is -5.87. The molecular formula is C49H45Cl2N3O6. The smallest absolute Gasteiger partial charge is 0.326 e. The number of aliphatic carboxylic acids is 1. The van der Waals surface area contributed by atoms with Crippen LogP contribution in [0.2, 0.25) is 10.0 Å². The van der Waals surface area contributed by atoms with E-state index in [9.17, 15) is 14.7 Å². The highest BCUT2D eigenvalue weighted by Gasteiger charge is 2.36. The molecule has 11 heteroatoms. The van der Waals surface area contributed by atoms with Gasteiger partial charge in [0.2, 0.25) is 5.91 Å². The number of benzene rings is 5. The Kier molecular flexibility index (Phi) is 12.1. The fourth-order valence-electron chi connectivity index (χ4n) is 7.85. The molecule has 1 amide bonds. The number of fused-ring (bicyclic) bond motifs is 2. The lowest BCUT2D eigenvalue weighted by atomic mass is 9.91. The minimum absolute atomic E-state index is 0.144. The van der Waals surface area contributed by atoms with Gasteiger partial charge in [0.15, 0.2) is 17.6 Å². The number of hydrogen-bond donors (Lipinski definition) is 2. The molecule has 0 aliphatic carbocycles. The molecule has 3 heterocycles. The van der Waals surface area contributed by atoms with Crippen molar-refractivity contribution in [1.82, 2.24) is 15.2 Å². The van der Waals surface area contributed by atoms with Crippen LogP contribution < -0.4 is 19.5 Å². The van der Waals surface area contributed by atoms with Crippen LogP contribution in [-0.4, -0.2) is 45.6 Å². The van der Waals surface area contributed by atoms with Crippen molar-refractivity contribution in [2.75, 3.05) is 6.61 Å². The van der Waals surface area contributed by atoms with Crippen molar-refractivity contribution in [1.29, 1.82) is 0 Å². The topological polar surface area (TPSA) is 110 Å². The van der Waals surface area contributed by atoms with Crippen LogP contribution in [0.1, 0.15) is 56.3 Å². The summed E-state index contributed by atoms with van der Waals surface area (Å²) in [6.45, 7) is 7.70. The van der Waals surface area contributed by atoms with Crippen LogP contribution in [0, 0.1) is 20.8 Å². The van der Waals surface area contributed by atoms with Crippen LogP contribution in [0.5, 0.6) is 17.2 Å². The maximum absolute atomic E-state index is 14.3. The normalized spacial score (nSPS) is 16.4. The van der Waals surface area contributed by atoms with Crippen LogP contribution in [0.3, 0.4) is 0 Å². The van der Waals surface area contributed by atoms with Crippen molar-refractivity contribution in [2.45, 2.75) is 71.5 Å². The Labute approximate surface area is 359 Å². The molecule has 60 heavy (non-hydrogen) atoms. The number of carboxylic acids is 1. The Bertz CT molecular complexity index is 2550. The van der Waals surface area contributed by atoms with Crippen LogP contribution in [-0.2, 0) is 42.1 Å². The van der Waals surface area contributed by atoms with Crippen molar-refractivity contribution in [2.24, 2.45) is 0 Å². The highest BCUT2D eigenvalue weighted by molar-refractivity contribution is 6.42. The molecule has 0 fully saturated rings. The number of ether oxygens (including phenoxy) is 3. The number of amides is 1. The molecule has 0 saturated heterocycles. The molecule has 2 aliphatic rings. The number of aromatic nitrogens is 1. The van der Waals surface area contributed by atoms with Gasteiger partial charge in [0.05, 0.1) is 16.1 Å². The van der Waals surface area contributed by atoms with E-state index in [-0.39, 0.29) is 18.4 Å². The number of rotatable bonds is 12.